The van der Waals surface area contributed by atoms with Crippen molar-refractivity contribution >= 4 is 22.9 Å². The van der Waals surface area contributed by atoms with E-state index in [1.165, 1.54) is 11.3 Å². The summed E-state index contributed by atoms with van der Waals surface area (Å²) in [6.45, 7) is 9.99. The van der Waals surface area contributed by atoms with E-state index in [-0.39, 0.29) is 12.6 Å². The molecule has 2 aromatic heterocycles. The van der Waals surface area contributed by atoms with E-state index in [1.807, 2.05) is 62.5 Å². The van der Waals surface area contributed by atoms with E-state index < -0.39 is 5.54 Å². The lowest BCUT2D eigenvalue weighted by atomic mass is 9.92. The Kier molecular flexibility index (Phi) is 5.41. The maximum absolute atomic E-state index is 12.3. The van der Waals surface area contributed by atoms with Crippen LogP contribution in [0.3, 0.4) is 0 Å². The molecule has 0 spiro atoms. The molecule has 7 heteroatoms. The normalized spacial score (nSPS) is 11.2. The molecule has 0 aliphatic heterocycles. The molecule has 0 saturated heterocycles. The molecule has 3 rings (SSSR count). The number of benzene rings is 1. The maximum atomic E-state index is 12.3. The van der Waals surface area contributed by atoms with E-state index >= 15 is 0 Å². The van der Waals surface area contributed by atoms with Gasteiger partial charge in [0.25, 0.3) is 5.89 Å². The minimum Gasteiger partial charge on any atom is -0.418 e. The summed E-state index contributed by atoms with van der Waals surface area (Å²) < 4.78 is 5.57. The summed E-state index contributed by atoms with van der Waals surface area (Å²) in [6, 6.07) is 11.5. The summed E-state index contributed by atoms with van der Waals surface area (Å²) in [6.07, 6.45) is 0. The van der Waals surface area contributed by atoms with Crippen molar-refractivity contribution in [3.63, 3.8) is 0 Å². The van der Waals surface area contributed by atoms with Gasteiger partial charge in [0.2, 0.25) is 5.89 Å². The molecular weight excluding hydrogens is 360 g/mol. The summed E-state index contributed by atoms with van der Waals surface area (Å²) in [7, 11) is 0. The predicted octanol–water partition coefficient (Wildman–Crippen LogP) is 4.57. The average Bonchev–Trinajstić information content (AvgIpc) is 3.31. The van der Waals surface area contributed by atoms with Gasteiger partial charge in [-0.25, -0.2) is 4.79 Å². The van der Waals surface area contributed by atoms with E-state index in [0.717, 1.165) is 21.6 Å². The molecule has 0 saturated carbocycles. The van der Waals surface area contributed by atoms with Gasteiger partial charge in [0, 0.05) is 0 Å². The van der Waals surface area contributed by atoms with Crippen LogP contribution in [0.1, 0.15) is 37.8 Å². The molecule has 0 bridgehead atoms. The summed E-state index contributed by atoms with van der Waals surface area (Å²) in [5.74, 6) is 0.815. The van der Waals surface area contributed by atoms with Crippen LogP contribution in [-0.2, 0) is 12.1 Å². The molecule has 0 aliphatic carbocycles. The average molecular weight is 382 g/mol. The molecule has 6 nitrogen and oxygen atoms in total. The van der Waals surface area contributed by atoms with Crippen LogP contribution >= 0.6 is 11.3 Å². The van der Waals surface area contributed by atoms with Crippen molar-refractivity contribution in [3.8, 4) is 10.8 Å². The van der Waals surface area contributed by atoms with Gasteiger partial charge in [-0.2, -0.15) is 0 Å². The van der Waals surface area contributed by atoms with Crippen LogP contribution in [0.4, 0.5) is 4.79 Å². The fraction of sp³-hybridized carbons (Fsp3) is 0.250. The van der Waals surface area contributed by atoms with E-state index in [0.29, 0.717) is 11.8 Å². The predicted molar refractivity (Wildman–Crippen MR) is 107 cm³/mol. The highest BCUT2D eigenvalue weighted by atomic mass is 32.1. The third-order valence-corrected chi connectivity index (χ3v) is 4.96. The van der Waals surface area contributed by atoms with Crippen molar-refractivity contribution in [2.45, 2.75) is 32.9 Å². The topological polar surface area (TPSA) is 80.0 Å². The second-order valence-corrected chi connectivity index (χ2v) is 7.72. The summed E-state index contributed by atoms with van der Waals surface area (Å²) in [5, 5.41) is 15.6. The lowest BCUT2D eigenvalue weighted by molar-refractivity contribution is 0.228. The smallest absolute Gasteiger partial charge is 0.315 e. The molecule has 1 aromatic carbocycles. The van der Waals surface area contributed by atoms with Crippen LogP contribution in [-0.4, -0.2) is 16.2 Å². The minimum atomic E-state index is -0.549. The van der Waals surface area contributed by atoms with E-state index in [1.54, 1.807) is 0 Å². The van der Waals surface area contributed by atoms with E-state index in [2.05, 4.69) is 27.4 Å². The third-order valence-electron chi connectivity index (χ3n) is 4.10. The molecule has 0 fully saturated rings. The maximum Gasteiger partial charge on any atom is 0.315 e. The van der Waals surface area contributed by atoms with Crippen LogP contribution in [0.2, 0.25) is 0 Å². The van der Waals surface area contributed by atoms with Crippen LogP contribution in [0.25, 0.3) is 16.3 Å². The quantitative estimate of drug-likeness (QED) is 0.655. The Hall–Kier alpha value is -2.93. The van der Waals surface area contributed by atoms with Crippen LogP contribution in [0.15, 0.2) is 52.8 Å². The monoisotopic (exact) mass is 382 g/mol. The second kappa shape index (κ2) is 7.75. The highest BCUT2D eigenvalue weighted by Crippen LogP contribution is 2.24. The summed E-state index contributed by atoms with van der Waals surface area (Å²) in [4.78, 5) is 13.2. The van der Waals surface area contributed by atoms with Gasteiger partial charge in [-0.1, -0.05) is 36.4 Å². The molecule has 3 aromatic rings. The van der Waals surface area contributed by atoms with Gasteiger partial charge in [-0.15, -0.1) is 21.5 Å². The number of allylic oxidation sites excluding steroid dienone is 1. The number of rotatable bonds is 6. The Morgan fingerprint density at radius 3 is 2.78 bits per heavy atom. The minimum absolute atomic E-state index is 0.159. The van der Waals surface area contributed by atoms with Crippen LogP contribution < -0.4 is 10.6 Å². The lowest BCUT2D eigenvalue weighted by Gasteiger charge is -2.27. The van der Waals surface area contributed by atoms with Gasteiger partial charge < -0.3 is 15.1 Å². The number of aromatic nitrogens is 2. The first-order valence-corrected chi connectivity index (χ1v) is 9.42. The van der Waals surface area contributed by atoms with Gasteiger partial charge in [0.15, 0.2) is 0 Å². The fourth-order valence-corrected chi connectivity index (χ4v) is 3.20. The Morgan fingerprint density at radius 2 is 2.07 bits per heavy atom. The number of carbonyl (C=O) groups excluding carboxylic acids is 1. The Balaban J connectivity index is 1.60. The molecular formula is C20H22N4O2S. The molecule has 0 aliphatic rings. The largest absolute Gasteiger partial charge is 0.418 e. The van der Waals surface area contributed by atoms with Gasteiger partial charge >= 0.3 is 6.03 Å². The molecule has 0 radical (unpaired) electrons. The molecule has 0 atom stereocenters. The molecule has 2 N–H and O–H groups in total. The summed E-state index contributed by atoms with van der Waals surface area (Å²) >= 11 is 1.52. The highest BCUT2D eigenvalue weighted by molar-refractivity contribution is 7.13. The Labute approximate surface area is 162 Å². The molecule has 0 unspecified atom stereocenters. The van der Waals surface area contributed by atoms with Crippen molar-refractivity contribution in [1.29, 1.82) is 0 Å². The van der Waals surface area contributed by atoms with Crippen LogP contribution in [0.5, 0.6) is 0 Å². The number of carbonyl (C=O) groups is 1. The van der Waals surface area contributed by atoms with Gasteiger partial charge in [0.05, 0.1) is 17.0 Å². The second-order valence-electron chi connectivity index (χ2n) is 6.77. The first-order chi connectivity index (χ1) is 12.8. The number of hydrogen-bond acceptors (Lipinski definition) is 5. The van der Waals surface area contributed by atoms with Crippen molar-refractivity contribution < 1.29 is 9.21 Å². The number of hydrogen-bond donors (Lipinski definition) is 2. The summed E-state index contributed by atoms with van der Waals surface area (Å²) in [5.41, 5.74) is 2.48. The van der Waals surface area contributed by atoms with E-state index in [4.69, 9.17) is 4.42 Å². The first-order valence-electron chi connectivity index (χ1n) is 8.54. The Morgan fingerprint density at radius 1 is 1.26 bits per heavy atom. The van der Waals surface area contributed by atoms with Crippen molar-refractivity contribution in [2.24, 2.45) is 0 Å². The molecule has 140 valence electrons. The number of urea groups is 1. The van der Waals surface area contributed by atoms with Crippen molar-refractivity contribution in [2.75, 3.05) is 0 Å². The fourth-order valence-electron chi connectivity index (χ4n) is 2.55. The van der Waals surface area contributed by atoms with Gasteiger partial charge in [0.1, 0.15) is 0 Å². The first kappa shape index (κ1) is 18.8. The van der Waals surface area contributed by atoms with E-state index in [9.17, 15) is 4.79 Å². The van der Waals surface area contributed by atoms with Gasteiger partial charge in [-0.3, -0.25) is 0 Å². The van der Waals surface area contributed by atoms with Crippen LogP contribution in [0, 0.1) is 0 Å². The molecule has 2 heterocycles. The highest BCUT2D eigenvalue weighted by Gasteiger charge is 2.23. The van der Waals surface area contributed by atoms with Crippen molar-refractivity contribution in [3.05, 3.63) is 65.4 Å². The SMILES string of the molecule is C=C(C)c1cccc(C(C)(C)NC(=O)NCc2nnc(-c3cccs3)o2)c1. The molecule has 27 heavy (non-hydrogen) atoms. The standard InChI is InChI=1S/C20H22N4O2S/c1-13(2)14-7-5-8-15(11-14)20(3,4)22-19(25)21-12-17-23-24-18(26-17)16-9-6-10-27-16/h5-11H,1,12H2,2-4H3,(H2,21,22,25). The third kappa shape index (κ3) is 4.62. The number of nitrogens with one attached hydrogen (secondary N) is 2. The zero-order chi connectivity index (χ0) is 19.4. The lowest BCUT2D eigenvalue weighted by Crippen LogP contribution is -2.46. The Bertz CT molecular complexity index is 945. The number of thiophene rings is 1. The molecule has 2 amide bonds. The zero-order valence-electron chi connectivity index (χ0n) is 15.6. The number of nitrogens with zero attached hydrogens (tertiary/aromatic N) is 2. The number of amides is 2. The van der Waals surface area contributed by atoms with Gasteiger partial charge in [-0.05, 0) is 49.4 Å². The zero-order valence-corrected chi connectivity index (χ0v) is 16.4. The van der Waals surface area contributed by atoms with Crippen molar-refractivity contribution in [1.82, 2.24) is 20.8 Å².